The van der Waals surface area contributed by atoms with Crippen molar-refractivity contribution >= 4 is 22.6 Å². The molecule has 0 unspecified atom stereocenters. The number of hydrogen-bond donors (Lipinski definition) is 1. The number of halogens is 1. The van der Waals surface area contributed by atoms with Gasteiger partial charge in [0.25, 0.3) is 0 Å². The molecule has 0 spiro atoms. The molecule has 3 nitrogen and oxygen atoms in total. The highest BCUT2D eigenvalue weighted by Gasteiger charge is 2.11. The Morgan fingerprint density at radius 1 is 1.46 bits per heavy atom. The van der Waals surface area contributed by atoms with Gasteiger partial charge in [-0.3, -0.25) is 0 Å². The zero-order valence-electron chi connectivity index (χ0n) is 7.56. The maximum Gasteiger partial charge on any atom is 0.166 e. The van der Waals surface area contributed by atoms with Crippen molar-refractivity contribution in [3.05, 3.63) is 21.3 Å². The molecule has 4 heteroatoms. The second-order valence-corrected chi connectivity index (χ2v) is 3.47. The van der Waals surface area contributed by atoms with Crippen LogP contribution in [0.15, 0.2) is 6.07 Å². The van der Waals surface area contributed by atoms with E-state index in [1.807, 2.05) is 0 Å². The molecule has 0 aliphatic carbocycles. The third-order valence-electron chi connectivity index (χ3n) is 1.72. The van der Waals surface area contributed by atoms with E-state index in [1.165, 1.54) is 0 Å². The molecule has 13 heavy (non-hydrogen) atoms. The van der Waals surface area contributed by atoms with Crippen LogP contribution in [-0.4, -0.2) is 14.2 Å². The predicted octanol–water partition coefficient (Wildman–Crippen LogP) is 1.57. The molecule has 0 fully saturated rings. The van der Waals surface area contributed by atoms with Crippen LogP contribution >= 0.6 is 22.6 Å². The first-order valence-electron chi connectivity index (χ1n) is 3.75. The summed E-state index contributed by atoms with van der Waals surface area (Å²) < 4.78 is 11.3. The van der Waals surface area contributed by atoms with Gasteiger partial charge >= 0.3 is 0 Å². The summed E-state index contributed by atoms with van der Waals surface area (Å²) in [6.07, 6.45) is 0. The Morgan fingerprint density at radius 2 is 2.15 bits per heavy atom. The molecule has 1 radical (unpaired) electrons. The number of hydrogen-bond acceptors (Lipinski definition) is 3. The first kappa shape index (κ1) is 10.6. The summed E-state index contributed by atoms with van der Waals surface area (Å²) >= 11 is 2.17. The molecule has 0 aromatic heterocycles. The van der Waals surface area contributed by atoms with Crippen molar-refractivity contribution in [1.29, 1.82) is 0 Å². The van der Waals surface area contributed by atoms with Gasteiger partial charge in [-0.1, -0.05) is 0 Å². The zero-order valence-corrected chi connectivity index (χ0v) is 9.71. The lowest BCUT2D eigenvalue weighted by molar-refractivity contribution is 0.351. The minimum atomic E-state index is 0.426. The minimum absolute atomic E-state index is 0.426. The van der Waals surface area contributed by atoms with Crippen molar-refractivity contribution in [3.8, 4) is 11.5 Å². The van der Waals surface area contributed by atoms with Gasteiger partial charge in [0.05, 0.1) is 14.2 Å². The Morgan fingerprint density at radius 3 is 2.62 bits per heavy atom. The molecule has 1 rings (SSSR count). The van der Waals surface area contributed by atoms with Gasteiger partial charge in [-0.15, -0.1) is 0 Å². The third-order valence-corrected chi connectivity index (χ3v) is 2.68. The summed E-state index contributed by atoms with van der Waals surface area (Å²) in [6, 6.07) is 4.80. The topological polar surface area (TPSA) is 44.5 Å². The van der Waals surface area contributed by atoms with E-state index in [1.54, 1.807) is 20.3 Å². The largest absolute Gasteiger partial charge is 0.493 e. The standard InChI is InChI=1S/C9H11INO2/c1-12-8-4-3-7(10)6(5-11)9(8)13-2/h4H,5,11H2,1-2H3. The number of ether oxygens (including phenoxy) is 2. The number of nitrogens with two attached hydrogens (primary N) is 1. The summed E-state index contributed by atoms with van der Waals surface area (Å²) in [5.41, 5.74) is 6.52. The quantitative estimate of drug-likeness (QED) is 0.860. The number of rotatable bonds is 3. The lowest BCUT2D eigenvalue weighted by Crippen LogP contribution is -2.04. The molecule has 0 bridgehead atoms. The minimum Gasteiger partial charge on any atom is -0.493 e. The maximum atomic E-state index is 5.59. The highest BCUT2D eigenvalue weighted by Crippen LogP contribution is 2.33. The molecule has 1 aromatic carbocycles. The first-order valence-corrected chi connectivity index (χ1v) is 4.83. The predicted molar refractivity (Wildman–Crippen MR) is 59.0 cm³/mol. The SMILES string of the molecule is COc1c[c]c(I)c(CN)c1OC. The zero-order chi connectivity index (χ0) is 9.84. The fraction of sp³-hybridized carbons (Fsp3) is 0.333. The van der Waals surface area contributed by atoms with Gasteiger partial charge in [-0.25, -0.2) is 0 Å². The molecular formula is C9H11INO2. The lowest BCUT2D eigenvalue weighted by Gasteiger charge is -2.12. The van der Waals surface area contributed by atoms with Crippen LogP contribution in [0.5, 0.6) is 11.5 Å². The van der Waals surface area contributed by atoms with Gasteiger partial charge < -0.3 is 15.2 Å². The van der Waals surface area contributed by atoms with Crippen LogP contribution in [0.3, 0.4) is 0 Å². The molecule has 71 valence electrons. The van der Waals surface area contributed by atoms with Crippen LogP contribution in [0.25, 0.3) is 0 Å². The number of benzene rings is 1. The van der Waals surface area contributed by atoms with E-state index in [4.69, 9.17) is 15.2 Å². The van der Waals surface area contributed by atoms with E-state index < -0.39 is 0 Å². The second-order valence-electron chi connectivity index (χ2n) is 2.39. The summed E-state index contributed by atoms with van der Waals surface area (Å²) in [6.45, 7) is 0.426. The van der Waals surface area contributed by atoms with Crippen LogP contribution in [0.4, 0.5) is 0 Å². The molecule has 0 atom stereocenters. The van der Waals surface area contributed by atoms with Crippen LogP contribution in [0, 0.1) is 9.64 Å². The third kappa shape index (κ3) is 2.05. The van der Waals surface area contributed by atoms with E-state index in [0.29, 0.717) is 18.0 Å². The Balaban J connectivity index is 3.27. The Labute approximate surface area is 91.4 Å². The van der Waals surface area contributed by atoms with E-state index >= 15 is 0 Å². The molecule has 0 saturated carbocycles. The smallest absolute Gasteiger partial charge is 0.166 e. The first-order chi connectivity index (χ1) is 6.24. The fourth-order valence-corrected chi connectivity index (χ4v) is 1.71. The van der Waals surface area contributed by atoms with Gasteiger partial charge in [0, 0.05) is 21.7 Å². The van der Waals surface area contributed by atoms with Crippen LogP contribution in [-0.2, 0) is 6.54 Å². The van der Waals surface area contributed by atoms with Gasteiger partial charge in [0.15, 0.2) is 11.5 Å². The summed E-state index contributed by atoms with van der Waals surface area (Å²) in [5.74, 6) is 1.37. The van der Waals surface area contributed by atoms with Crippen LogP contribution in [0.2, 0.25) is 0 Å². The Kier molecular flexibility index (Phi) is 3.80. The molecule has 0 aliphatic rings. The molecule has 1 aromatic rings. The van der Waals surface area contributed by atoms with Crippen molar-refractivity contribution in [1.82, 2.24) is 0 Å². The Hall–Kier alpha value is -0.490. The molecule has 2 N–H and O–H groups in total. The second kappa shape index (κ2) is 4.66. The Bertz CT molecular complexity index is 302. The van der Waals surface area contributed by atoms with Crippen LogP contribution < -0.4 is 15.2 Å². The monoisotopic (exact) mass is 292 g/mol. The fourth-order valence-electron chi connectivity index (χ4n) is 1.09. The van der Waals surface area contributed by atoms with Crippen molar-refractivity contribution in [2.75, 3.05) is 14.2 Å². The van der Waals surface area contributed by atoms with Crippen molar-refractivity contribution < 1.29 is 9.47 Å². The van der Waals surface area contributed by atoms with E-state index in [2.05, 4.69) is 28.7 Å². The average molecular weight is 292 g/mol. The lowest BCUT2D eigenvalue weighted by atomic mass is 10.2. The van der Waals surface area contributed by atoms with Gasteiger partial charge in [-0.05, 0) is 28.7 Å². The van der Waals surface area contributed by atoms with E-state index in [-0.39, 0.29) is 0 Å². The number of methoxy groups -OCH3 is 2. The molecule has 0 heterocycles. The van der Waals surface area contributed by atoms with Crippen LogP contribution in [0.1, 0.15) is 5.56 Å². The van der Waals surface area contributed by atoms with Gasteiger partial charge in [0.1, 0.15) is 0 Å². The van der Waals surface area contributed by atoms with E-state index in [9.17, 15) is 0 Å². The molecule has 0 saturated heterocycles. The summed E-state index contributed by atoms with van der Waals surface area (Å²) in [4.78, 5) is 0. The highest BCUT2D eigenvalue weighted by atomic mass is 127. The van der Waals surface area contributed by atoms with Gasteiger partial charge in [-0.2, -0.15) is 0 Å². The normalized spacial score (nSPS) is 9.85. The summed E-state index contributed by atoms with van der Waals surface area (Å²) in [5, 5.41) is 0. The highest BCUT2D eigenvalue weighted by molar-refractivity contribution is 14.1. The van der Waals surface area contributed by atoms with Crippen molar-refractivity contribution in [3.63, 3.8) is 0 Å². The molecular weight excluding hydrogens is 281 g/mol. The van der Waals surface area contributed by atoms with Crippen molar-refractivity contribution in [2.24, 2.45) is 5.73 Å². The molecule has 0 amide bonds. The average Bonchev–Trinajstić information content (AvgIpc) is 2.17. The summed E-state index contributed by atoms with van der Waals surface area (Å²) in [7, 11) is 3.20. The van der Waals surface area contributed by atoms with Crippen molar-refractivity contribution in [2.45, 2.75) is 6.54 Å². The molecule has 0 aliphatic heterocycles. The van der Waals surface area contributed by atoms with E-state index in [0.717, 1.165) is 9.13 Å². The van der Waals surface area contributed by atoms with Gasteiger partial charge in [0.2, 0.25) is 0 Å². The maximum absolute atomic E-state index is 5.59.